The summed E-state index contributed by atoms with van der Waals surface area (Å²) >= 11 is 0. The minimum absolute atomic E-state index is 0.243. The minimum Gasteiger partial charge on any atom is -0.277 e. The molecule has 5 heteroatoms. The standard InChI is InChI=1S/C16H11FN4/c1-11-3-2-4-15(16(11)17)12-5-7-13(8-6-12)20-21-14(9-18)10-19/h2-8,20H,1H3. The average Bonchev–Trinajstić information content (AvgIpc) is 2.52. The Morgan fingerprint density at radius 3 is 2.38 bits per heavy atom. The fourth-order valence-electron chi connectivity index (χ4n) is 1.79. The first kappa shape index (κ1) is 14.2. The first-order chi connectivity index (χ1) is 10.2. The summed E-state index contributed by atoms with van der Waals surface area (Å²) in [7, 11) is 0. The van der Waals surface area contributed by atoms with Crippen molar-refractivity contribution >= 4 is 11.4 Å². The van der Waals surface area contributed by atoms with Gasteiger partial charge >= 0.3 is 0 Å². The fraction of sp³-hybridized carbons (Fsp3) is 0.0625. The Labute approximate surface area is 121 Å². The molecule has 0 atom stereocenters. The van der Waals surface area contributed by atoms with Gasteiger partial charge in [0, 0.05) is 5.56 Å². The number of anilines is 1. The van der Waals surface area contributed by atoms with Crippen LogP contribution in [0.15, 0.2) is 47.6 Å². The van der Waals surface area contributed by atoms with Crippen LogP contribution in [0.2, 0.25) is 0 Å². The molecule has 2 aromatic carbocycles. The second kappa shape index (κ2) is 6.31. The highest BCUT2D eigenvalue weighted by Crippen LogP contribution is 2.25. The van der Waals surface area contributed by atoms with E-state index in [1.165, 1.54) is 0 Å². The van der Waals surface area contributed by atoms with Crippen molar-refractivity contribution < 1.29 is 4.39 Å². The SMILES string of the molecule is Cc1cccc(-c2ccc(NN=C(C#N)C#N)cc2)c1F. The largest absolute Gasteiger partial charge is 0.277 e. The van der Waals surface area contributed by atoms with Crippen molar-refractivity contribution in [1.82, 2.24) is 0 Å². The molecular formula is C16H11FN4. The van der Waals surface area contributed by atoms with E-state index in [0.717, 1.165) is 5.56 Å². The summed E-state index contributed by atoms with van der Waals surface area (Å²) in [5.74, 6) is -0.243. The third kappa shape index (κ3) is 3.23. The van der Waals surface area contributed by atoms with E-state index >= 15 is 0 Å². The van der Waals surface area contributed by atoms with Crippen molar-refractivity contribution in [3.05, 3.63) is 53.8 Å². The number of aryl methyl sites for hydroxylation is 1. The van der Waals surface area contributed by atoms with Crippen LogP contribution < -0.4 is 5.43 Å². The molecule has 0 radical (unpaired) electrons. The number of nitriles is 2. The summed E-state index contributed by atoms with van der Waals surface area (Å²) in [6.07, 6.45) is 0. The Hall–Kier alpha value is -3.18. The molecule has 0 saturated carbocycles. The topological polar surface area (TPSA) is 72.0 Å². The number of nitrogens with one attached hydrogen (secondary N) is 1. The van der Waals surface area contributed by atoms with Gasteiger partial charge in [-0.05, 0) is 30.2 Å². The molecule has 4 nitrogen and oxygen atoms in total. The van der Waals surface area contributed by atoms with Crippen LogP contribution in [0.3, 0.4) is 0 Å². The molecule has 0 aliphatic carbocycles. The van der Waals surface area contributed by atoms with Crippen LogP contribution in [0.1, 0.15) is 5.56 Å². The Bertz CT molecular complexity index is 748. The molecule has 0 saturated heterocycles. The van der Waals surface area contributed by atoms with Gasteiger partial charge in [0.05, 0.1) is 5.69 Å². The number of nitrogens with zero attached hydrogens (tertiary/aromatic N) is 3. The van der Waals surface area contributed by atoms with Crippen LogP contribution in [0, 0.1) is 35.4 Å². The first-order valence-corrected chi connectivity index (χ1v) is 6.15. The lowest BCUT2D eigenvalue weighted by Gasteiger charge is -2.07. The molecule has 0 spiro atoms. The van der Waals surface area contributed by atoms with E-state index in [2.05, 4.69) is 10.5 Å². The maximum Gasteiger partial charge on any atom is 0.237 e. The van der Waals surface area contributed by atoms with Gasteiger partial charge in [0.2, 0.25) is 5.71 Å². The number of hydrogen-bond donors (Lipinski definition) is 1. The van der Waals surface area contributed by atoms with E-state index in [4.69, 9.17) is 10.5 Å². The molecule has 0 heterocycles. The summed E-state index contributed by atoms with van der Waals surface area (Å²) in [5, 5.41) is 20.8. The minimum atomic E-state index is -0.260. The second-order valence-electron chi connectivity index (χ2n) is 4.31. The smallest absolute Gasteiger partial charge is 0.237 e. The lowest BCUT2D eigenvalue weighted by Crippen LogP contribution is -1.96. The van der Waals surface area contributed by atoms with Crippen LogP contribution in [-0.2, 0) is 0 Å². The Kier molecular flexibility index (Phi) is 4.28. The van der Waals surface area contributed by atoms with Crippen LogP contribution in [0.4, 0.5) is 10.1 Å². The van der Waals surface area contributed by atoms with E-state index in [1.807, 2.05) is 0 Å². The van der Waals surface area contributed by atoms with Gasteiger partial charge in [0.1, 0.15) is 18.0 Å². The second-order valence-corrected chi connectivity index (χ2v) is 4.31. The molecule has 0 unspecified atom stereocenters. The van der Waals surface area contributed by atoms with Crippen molar-refractivity contribution in [2.45, 2.75) is 6.92 Å². The third-order valence-electron chi connectivity index (χ3n) is 2.90. The van der Waals surface area contributed by atoms with Gasteiger partial charge < -0.3 is 0 Å². The van der Waals surface area contributed by atoms with Gasteiger partial charge in [0.25, 0.3) is 0 Å². The predicted octanol–water partition coefficient (Wildman–Crippen LogP) is 3.62. The maximum atomic E-state index is 14.0. The van der Waals surface area contributed by atoms with Crippen molar-refractivity contribution in [2.75, 3.05) is 5.43 Å². The summed E-state index contributed by atoms with van der Waals surface area (Å²) in [5.41, 5.74) is 4.81. The highest BCUT2D eigenvalue weighted by molar-refractivity contribution is 6.10. The van der Waals surface area contributed by atoms with E-state index in [9.17, 15) is 4.39 Å². The number of rotatable bonds is 3. The van der Waals surface area contributed by atoms with Gasteiger partial charge in [-0.2, -0.15) is 15.6 Å². The molecule has 0 aromatic heterocycles. The quantitative estimate of drug-likeness (QED) is 0.688. The van der Waals surface area contributed by atoms with Crippen molar-refractivity contribution in [3.63, 3.8) is 0 Å². The predicted molar refractivity (Wildman–Crippen MR) is 78.9 cm³/mol. The van der Waals surface area contributed by atoms with Crippen molar-refractivity contribution in [1.29, 1.82) is 10.5 Å². The summed E-state index contributed by atoms with van der Waals surface area (Å²) < 4.78 is 14.0. The van der Waals surface area contributed by atoms with Crippen LogP contribution in [-0.4, -0.2) is 5.71 Å². The van der Waals surface area contributed by atoms with Crippen LogP contribution in [0.25, 0.3) is 11.1 Å². The van der Waals surface area contributed by atoms with E-state index in [0.29, 0.717) is 16.8 Å². The molecule has 1 N–H and O–H groups in total. The summed E-state index contributed by atoms with van der Waals surface area (Å²) in [6, 6.07) is 15.4. The zero-order chi connectivity index (χ0) is 15.2. The molecule has 0 fully saturated rings. The van der Waals surface area contributed by atoms with Gasteiger partial charge in [-0.15, -0.1) is 0 Å². The maximum absolute atomic E-state index is 14.0. The average molecular weight is 278 g/mol. The molecular weight excluding hydrogens is 267 g/mol. The van der Waals surface area contributed by atoms with Gasteiger partial charge in [0.15, 0.2) is 0 Å². The van der Waals surface area contributed by atoms with Crippen LogP contribution >= 0.6 is 0 Å². The number of benzene rings is 2. The Balaban J connectivity index is 2.24. The first-order valence-electron chi connectivity index (χ1n) is 6.15. The summed E-state index contributed by atoms with van der Waals surface area (Å²) in [6.45, 7) is 1.72. The number of hydrogen-bond acceptors (Lipinski definition) is 4. The highest BCUT2D eigenvalue weighted by Gasteiger charge is 2.06. The lowest BCUT2D eigenvalue weighted by molar-refractivity contribution is 0.622. The number of hydrazone groups is 1. The molecule has 102 valence electrons. The molecule has 2 rings (SSSR count). The molecule has 21 heavy (non-hydrogen) atoms. The monoisotopic (exact) mass is 278 g/mol. The highest BCUT2D eigenvalue weighted by atomic mass is 19.1. The van der Waals surface area contributed by atoms with Crippen molar-refractivity contribution in [3.8, 4) is 23.3 Å². The molecule has 0 aliphatic rings. The third-order valence-corrected chi connectivity index (χ3v) is 2.90. The zero-order valence-electron chi connectivity index (χ0n) is 11.3. The Morgan fingerprint density at radius 2 is 1.76 bits per heavy atom. The zero-order valence-corrected chi connectivity index (χ0v) is 11.3. The normalized spacial score (nSPS) is 9.33. The molecule has 0 amide bonds. The molecule has 0 bridgehead atoms. The summed E-state index contributed by atoms with van der Waals surface area (Å²) in [4.78, 5) is 0. The van der Waals surface area contributed by atoms with Crippen molar-refractivity contribution in [2.24, 2.45) is 5.10 Å². The van der Waals surface area contributed by atoms with Gasteiger partial charge in [-0.3, -0.25) is 5.43 Å². The van der Waals surface area contributed by atoms with Gasteiger partial charge in [-0.25, -0.2) is 4.39 Å². The Morgan fingerprint density at radius 1 is 1.10 bits per heavy atom. The van der Waals surface area contributed by atoms with E-state index in [1.54, 1.807) is 61.5 Å². The fourth-order valence-corrected chi connectivity index (χ4v) is 1.79. The molecule has 2 aromatic rings. The molecule has 0 aliphatic heterocycles. The lowest BCUT2D eigenvalue weighted by atomic mass is 10.0. The van der Waals surface area contributed by atoms with E-state index < -0.39 is 0 Å². The van der Waals surface area contributed by atoms with Crippen LogP contribution in [0.5, 0.6) is 0 Å². The van der Waals surface area contributed by atoms with E-state index in [-0.39, 0.29) is 11.5 Å². The van der Waals surface area contributed by atoms with Gasteiger partial charge in [-0.1, -0.05) is 30.3 Å². The number of halogens is 1.